The number of benzene rings is 1. The number of carbonyl (C=O) groups excluding carboxylic acids is 1. The quantitative estimate of drug-likeness (QED) is 0.837. The second-order valence-corrected chi connectivity index (χ2v) is 6.38. The van der Waals surface area contributed by atoms with E-state index in [1.807, 2.05) is 0 Å². The molecule has 0 aromatic heterocycles. The fourth-order valence-corrected chi connectivity index (χ4v) is 1.96. The van der Waals surface area contributed by atoms with E-state index in [2.05, 4.69) is 26.0 Å². The SMILES string of the molecule is CC(C)(C)OC(=O)NCc1ccc(OCC(F)(F)F)c(Br)c1. The van der Waals surface area contributed by atoms with Crippen LogP contribution in [-0.4, -0.2) is 24.5 Å². The Morgan fingerprint density at radius 3 is 2.41 bits per heavy atom. The average Bonchev–Trinajstić information content (AvgIpc) is 2.32. The Hall–Kier alpha value is -1.44. The maximum absolute atomic E-state index is 12.1. The summed E-state index contributed by atoms with van der Waals surface area (Å²) in [4.78, 5) is 11.5. The van der Waals surface area contributed by atoms with E-state index in [-0.39, 0.29) is 12.3 Å². The second kappa shape index (κ2) is 7.21. The van der Waals surface area contributed by atoms with Crippen LogP contribution in [-0.2, 0) is 11.3 Å². The molecule has 1 aromatic rings. The molecule has 0 atom stereocenters. The van der Waals surface area contributed by atoms with Crippen LogP contribution in [0.2, 0.25) is 0 Å². The van der Waals surface area contributed by atoms with Crippen molar-refractivity contribution in [1.29, 1.82) is 0 Å². The highest BCUT2D eigenvalue weighted by Gasteiger charge is 2.28. The molecule has 0 unspecified atom stereocenters. The minimum Gasteiger partial charge on any atom is -0.483 e. The lowest BCUT2D eigenvalue weighted by Gasteiger charge is -2.19. The molecular formula is C14H17BrF3NO3. The normalized spacial score (nSPS) is 12.0. The van der Waals surface area contributed by atoms with E-state index < -0.39 is 24.5 Å². The molecule has 0 fully saturated rings. The first-order valence-electron chi connectivity index (χ1n) is 6.41. The van der Waals surface area contributed by atoms with Crippen molar-refractivity contribution in [2.75, 3.05) is 6.61 Å². The van der Waals surface area contributed by atoms with Gasteiger partial charge in [0.05, 0.1) is 4.47 Å². The number of rotatable bonds is 4. The zero-order chi connectivity index (χ0) is 17.0. The van der Waals surface area contributed by atoms with Gasteiger partial charge in [-0.1, -0.05) is 6.07 Å². The number of alkyl carbamates (subject to hydrolysis) is 1. The molecular weight excluding hydrogens is 367 g/mol. The minimum atomic E-state index is -4.39. The van der Waals surface area contributed by atoms with Gasteiger partial charge in [-0.05, 0) is 54.4 Å². The van der Waals surface area contributed by atoms with Crippen LogP contribution in [0, 0.1) is 0 Å². The van der Waals surface area contributed by atoms with Gasteiger partial charge in [-0.15, -0.1) is 0 Å². The van der Waals surface area contributed by atoms with E-state index in [0.29, 0.717) is 10.0 Å². The van der Waals surface area contributed by atoms with E-state index in [9.17, 15) is 18.0 Å². The van der Waals surface area contributed by atoms with Crippen LogP contribution in [0.5, 0.6) is 5.75 Å². The maximum atomic E-state index is 12.1. The summed E-state index contributed by atoms with van der Waals surface area (Å²) in [6, 6.07) is 4.54. The lowest BCUT2D eigenvalue weighted by atomic mass is 10.2. The number of amides is 1. The Kier molecular flexibility index (Phi) is 6.10. The standard InChI is InChI=1S/C14H17BrF3NO3/c1-13(2,3)22-12(20)19-7-9-4-5-11(10(15)6-9)21-8-14(16,17)18/h4-6H,7-8H2,1-3H3,(H,19,20). The molecule has 0 aliphatic carbocycles. The summed E-state index contributed by atoms with van der Waals surface area (Å²) in [5, 5.41) is 2.56. The van der Waals surface area contributed by atoms with Gasteiger partial charge in [-0.2, -0.15) is 13.2 Å². The maximum Gasteiger partial charge on any atom is 0.422 e. The van der Waals surface area contributed by atoms with E-state index in [4.69, 9.17) is 4.74 Å². The number of alkyl halides is 3. The number of hydrogen-bond acceptors (Lipinski definition) is 3. The molecule has 0 radical (unpaired) electrons. The van der Waals surface area contributed by atoms with Gasteiger partial charge >= 0.3 is 12.3 Å². The number of halogens is 4. The molecule has 8 heteroatoms. The highest BCUT2D eigenvalue weighted by molar-refractivity contribution is 9.10. The van der Waals surface area contributed by atoms with Crippen molar-refractivity contribution in [1.82, 2.24) is 5.32 Å². The first-order valence-corrected chi connectivity index (χ1v) is 7.20. The van der Waals surface area contributed by atoms with Gasteiger partial charge in [0.15, 0.2) is 6.61 Å². The van der Waals surface area contributed by atoms with Crippen molar-refractivity contribution >= 4 is 22.0 Å². The molecule has 0 spiro atoms. The molecule has 1 aromatic carbocycles. The van der Waals surface area contributed by atoms with Crippen molar-refractivity contribution in [3.63, 3.8) is 0 Å². The van der Waals surface area contributed by atoms with Crippen LogP contribution >= 0.6 is 15.9 Å². The summed E-state index contributed by atoms with van der Waals surface area (Å²) < 4.78 is 46.4. The van der Waals surface area contributed by atoms with E-state index in [1.54, 1.807) is 32.9 Å². The van der Waals surface area contributed by atoms with Crippen molar-refractivity contribution in [3.8, 4) is 5.75 Å². The first-order chi connectivity index (χ1) is 9.96. The van der Waals surface area contributed by atoms with Crippen LogP contribution in [0.4, 0.5) is 18.0 Å². The summed E-state index contributed by atoms with van der Waals surface area (Å²) in [6.45, 7) is 4.07. The zero-order valence-corrected chi connectivity index (χ0v) is 14.0. The number of carbonyl (C=O) groups is 1. The molecule has 4 nitrogen and oxygen atoms in total. The monoisotopic (exact) mass is 383 g/mol. The molecule has 0 aliphatic heterocycles. The highest BCUT2D eigenvalue weighted by atomic mass is 79.9. The van der Waals surface area contributed by atoms with Gasteiger partial charge in [0.2, 0.25) is 0 Å². The van der Waals surface area contributed by atoms with E-state index in [0.717, 1.165) is 0 Å². The van der Waals surface area contributed by atoms with Gasteiger partial charge in [-0.25, -0.2) is 4.79 Å². The Labute approximate surface area is 135 Å². The van der Waals surface area contributed by atoms with Gasteiger partial charge in [-0.3, -0.25) is 0 Å². The summed E-state index contributed by atoms with van der Waals surface area (Å²) in [5.41, 5.74) is 0.0945. The van der Waals surface area contributed by atoms with E-state index in [1.165, 1.54) is 6.07 Å². The van der Waals surface area contributed by atoms with Crippen molar-refractivity contribution in [2.45, 2.75) is 39.1 Å². The summed E-state index contributed by atoms with van der Waals surface area (Å²) in [5.74, 6) is 0.0818. The molecule has 0 heterocycles. The minimum absolute atomic E-state index is 0.0818. The Morgan fingerprint density at radius 2 is 1.91 bits per heavy atom. The second-order valence-electron chi connectivity index (χ2n) is 5.52. The van der Waals surface area contributed by atoms with Gasteiger partial charge < -0.3 is 14.8 Å². The molecule has 0 saturated heterocycles. The Bertz CT molecular complexity index is 527. The largest absolute Gasteiger partial charge is 0.483 e. The highest BCUT2D eigenvalue weighted by Crippen LogP contribution is 2.28. The zero-order valence-electron chi connectivity index (χ0n) is 12.4. The van der Waals surface area contributed by atoms with Crippen molar-refractivity contribution < 1.29 is 27.4 Å². The predicted octanol–water partition coefficient (Wildman–Crippen LogP) is 4.41. The third-order valence-corrected chi connectivity index (χ3v) is 2.84. The summed E-state index contributed by atoms with van der Waals surface area (Å²) in [7, 11) is 0. The topological polar surface area (TPSA) is 47.6 Å². The van der Waals surface area contributed by atoms with Crippen LogP contribution in [0.3, 0.4) is 0 Å². The van der Waals surface area contributed by atoms with Gasteiger partial charge in [0.25, 0.3) is 0 Å². The number of hydrogen-bond donors (Lipinski definition) is 1. The van der Waals surface area contributed by atoms with Gasteiger partial charge in [0, 0.05) is 6.54 Å². The number of nitrogens with one attached hydrogen (secondary N) is 1. The Morgan fingerprint density at radius 1 is 1.27 bits per heavy atom. The number of ether oxygens (including phenoxy) is 2. The van der Waals surface area contributed by atoms with Crippen LogP contribution in [0.15, 0.2) is 22.7 Å². The molecule has 124 valence electrons. The van der Waals surface area contributed by atoms with Gasteiger partial charge in [0.1, 0.15) is 11.4 Å². The van der Waals surface area contributed by atoms with Crippen LogP contribution in [0.1, 0.15) is 26.3 Å². The first kappa shape index (κ1) is 18.6. The fourth-order valence-electron chi connectivity index (χ4n) is 1.42. The fraction of sp³-hybridized carbons (Fsp3) is 0.500. The molecule has 22 heavy (non-hydrogen) atoms. The van der Waals surface area contributed by atoms with E-state index >= 15 is 0 Å². The summed E-state index contributed by atoms with van der Waals surface area (Å²) >= 11 is 3.13. The molecule has 0 saturated carbocycles. The molecule has 1 rings (SSSR count). The molecule has 0 bridgehead atoms. The molecule has 0 aliphatic rings. The molecule has 1 N–H and O–H groups in total. The average molecular weight is 384 g/mol. The van der Waals surface area contributed by atoms with Crippen molar-refractivity contribution in [3.05, 3.63) is 28.2 Å². The van der Waals surface area contributed by atoms with Crippen LogP contribution in [0.25, 0.3) is 0 Å². The Balaban J connectivity index is 2.57. The summed E-state index contributed by atoms with van der Waals surface area (Å²) in [6.07, 6.45) is -4.96. The lowest BCUT2D eigenvalue weighted by Crippen LogP contribution is -2.32. The lowest BCUT2D eigenvalue weighted by molar-refractivity contribution is -0.153. The molecule has 1 amide bonds. The third kappa shape index (κ3) is 7.53. The third-order valence-electron chi connectivity index (χ3n) is 2.22. The smallest absolute Gasteiger partial charge is 0.422 e. The van der Waals surface area contributed by atoms with Crippen molar-refractivity contribution in [2.24, 2.45) is 0 Å². The predicted molar refractivity (Wildman–Crippen MR) is 78.8 cm³/mol. The van der Waals surface area contributed by atoms with Crippen LogP contribution < -0.4 is 10.1 Å².